The largest absolute Gasteiger partial charge is 0.324 e. The van der Waals surface area contributed by atoms with Crippen LogP contribution in [0.25, 0.3) is 0 Å². The summed E-state index contributed by atoms with van der Waals surface area (Å²) < 4.78 is 0.983. The van der Waals surface area contributed by atoms with Crippen LogP contribution in [0, 0.1) is 37.5 Å². The van der Waals surface area contributed by atoms with Gasteiger partial charge in [0.1, 0.15) is 6.54 Å². The molecule has 0 spiro atoms. The summed E-state index contributed by atoms with van der Waals surface area (Å²) in [5.74, 6) is -0.251. The summed E-state index contributed by atoms with van der Waals surface area (Å²) in [6.07, 6.45) is 3.09. The Hall–Kier alpha value is -1.69. The maximum atomic E-state index is 12.7. The summed E-state index contributed by atoms with van der Waals surface area (Å²) in [7, 11) is 0. The van der Waals surface area contributed by atoms with Crippen molar-refractivity contribution in [2.45, 2.75) is 33.1 Å². The number of halogens is 1. The molecule has 3 amide bonds. The third kappa shape index (κ3) is 2.62. The van der Waals surface area contributed by atoms with Crippen LogP contribution in [0.1, 0.15) is 30.4 Å². The first kappa shape index (κ1) is 16.8. The molecular formula is C19H21BrN2O3. The van der Waals surface area contributed by atoms with E-state index in [-0.39, 0.29) is 36.1 Å². The number of benzene rings is 1. The van der Waals surface area contributed by atoms with E-state index in [1.54, 1.807) is 0 Å². The Balaban J connectivity index is 1.48. The van der Waals surface area contributed by atoms with Gasteiger partial charge in [0.2, 0.25) is 17.7 Å². The zero-order valence-corrected chi connectivity index (χ0v) is 15.9. The fraction of sp³-hybridized carbons (Fsp3) is 0.526. The summed E-state index contributed by atoms with van der Waals surface area (Å²) in [5, 5.41) is 2.84. The van der Waals surface area contributed by atoms with Crippen molar-refractivity contribution < 1.29 is 14.4 Å². The molecule has 3 aliphatic rings. The van der Waals surface area contributed by atoms with Gasteiger partial charge in [0, 0.05) is 10.2 Å². The zero-order valence-electron chi connectivity index (χ0n) is 14.3. The number of fused-ring (bicyclic) bond motifs is 5. The van der Waals surface area contributed by atoms with Crippen molar-refractivity contribution in [3.63, 3.8) is 0 Å². The quantitative estimate of drug-likeness (QED) is 0.787. The van der Waals surface area contributed by atoms with E-state index < -0.39 is 0 Å². The lowest BCUT2D eigenvalue weighted by Crippen LogP contribution is -2.39. The molecule has 1 aromatic carbocycles. The zero-order chi connectivity index (χ0) is 17.9. The predicted octanol–water partition coefficient (Wildman–Crippen LogP) is 3.04. The van der Waals surface area contributed by atoms with Crippen molar-refractivity contribution in [3.8, 4) is 0 Å². The maximum absolute atomic E-state index is 12.7. The summed E-state index contributed by atoms with van der Waals surface area (Å²) in [4.78, 5) is 38.9. The normalized spacial score (nSPS) is 30.1. The van der Waals surface area contributed by atoms with E-state index in [2.05, 4.69) is 21.2 Å². The number of imide groups is 1. The number of hydrogen-bond acceptors (Lipinski definition) is 3. The van der Waals surface area contributed by atoms with Crippen LogP contribution in [0.2, 0.25) is 0 Å². The minimum absolute atomic E-state index is 0.138. The monoisotopic (exact) mass is 404 g/mol. The van der Waals surface area contributed by atoms with E-state index in [0.717, 1.165) is 34.9 Å². The van der Waals surface area contributed by atoms with Crippen molar-refractivity contribution >= 4 is 39.3 Å². The minimum Gasteiger partial charge on any atom is -0.324 e. The average Bonchev–Trinajstić information content (AvgIpc) is 3.22. The summed E-state index contributed by atoms with van der Waals surface area (Å²) in [6.45, 7) is 3.68. The number of nitrogens with zero attached hydrogens (tertiary/aromatic N) is 1. The lowest BCUT2D eigenvalue weighted by atomic mass is 9.81. The number of carbonyl (C=O) groups excluding carboxylic acids is 3. The topological polar surface area (TPSA) is 66.5 Å². The van der Waals surface area contributed by atoms with Crippen molar-refractivity contribution in [3.05, 3.63) is 27.7 Å². The number of rotatable bonds is 3. The van der Waals surface area contributed by atoms with Crippen LogP contribution in [0.3, 0.4) is 0 Å². The third-order valence-electron chi connectivity index (χ3n) is 6.10. The molecule has 6 heteroatoms. The number of amides is 3. The molecule has 1 aliphatic heterocycles. The van der Waals surface area contributed by atoms with Crippen LogP contribution in [-0.4, -0.2) is 29.2 Å². The smallest absolute Gasteiger partial charge is 0.244 e. The maximum Gasteiger partial charge on any atom is 0.244 e. The van der Waals surface area contributed by atoms with E-state index >= 15 is 0 Å². The molecule has 1 N–H and O–H groups in total. The van der Waals surface area contributed by atoms with Crippen LogP contribution in [-0.2, 0) is 14.4 Å². The fourth-order valence-electron chi connectivity index (χ4n) is 4.88. The number of carbonyl (C=O) groups is 3. The van der Waals surface area contributed by atoms with E-state index in [0.29, 0.717) is 17.5 Å². The van der Waals surface area contributed by atoms with Crippen LogP contribution in [0.5, 0.6) is 0 Å². The SMILES string of the molecule is Cc1cc(NC(=O)CN2C(=O)[C@H]3[C@@H]4CC[C@H](C4)[C@@H]3C2=O)c(C)cc1Br. The Morgan fingerprint density at radius 3 is 2.32 bits per heavy atom. The Morgan fingerprint density at radius 1 is 1.12 bits per heavy atom. The minimum atomic E-state index is -0.321. The lowest BCUT2D eigenvalue weighted by molar-refractivity contribution is -0.143. The number of anilines is 1. The molecule has 1 heterocycles. The predicted molar refractivity (Wildman–Crippen MR) is 96.8 cm³/mol. The van der Waals surface area contributed by atoms with Crippen LogP contribution in [0.4, 0.5) is 5.69 Å². The van der Waals surface area contributed by atoms with E-state index in [9.17, 15) is 14.4 Å². The summed E-state index contributed by atoms with van der Waals surface area (Å²) in [5.41, 5.74) is 2.66. The Morgan fingerprint density at radius 2 is 1.72 bits per heavy atom. The molecule has 4 rings (SSSR count). The molecule has 2 aliphatic carbocycles. The second-order valence-corrected chi connectivity index (χ2v) is 8.47. The Bertz CT molecular complexity index is 763. The molecule has 25 heavy (non-hydrogen) atoms. The van der Waals surface area contributed by atoms with Crippen LogP contribution in [0.15, 0.2) is 16.6 Å². The molecule has 2 saturated carbocycles. The first-order chi connectivity index (χ1) is 11.9. The summed E-state index contributed by atoms with van der Waals surface area (Å²) >= 11 is 3.47. The van der Waals surface area contributed by atoms with Gasteiger partial charge in [0.15, 0.2) is 0 Å². The molecule has 1 aromatic rings. The molecule has 132 valence electrons. The van der Waals surface area contributed by atoms with Gasteiger partial charge in [-0.05, 0) is 68.2 Å². The molecule has 0 radical (unpaired) electrons. The number of hydrogen-bond donors (Lipinski definition) is 1. The standard InChI is InChI=1S/C19H21BrN2O3/c1-9-6-14(10(2)5-13(9)20)21-15(23)8-22-18(24)16-11-3-4-12(7-11)17(16)19(22)25/h5-6,11-12,16-17H,3-4,7-8H2,1-2H3,(H,21,23)/t11-,12-,16+,17+/m1/s1. The molecule has 1 saturated heterocycles. The molecule has 0 aromatic heterocycles. The molecule has 3 fully saturated rings. The van der Waals surface area contributed by atoms with Crippen molar-refractivity contribution in [1.82, 2.24) is 4.90 Å². The van der Waals surface area contributed by atoms with Gasteiger partial charge in [-0.1, -0.05) is 15.9 Å². The Kier molecular flexibility index (Phi) is 3.98. The highest BCUT2D eigenvalue weighted by atomic mass is 79.9. The Labute approximate surface area is 155 Å². The van der Waals surface area contributed by atoms with Crippen molar-refractivity contribution in [2.24, 2.45) is 23.7 Å². The highest BCUT2D eigenvalue weighted by Gasteiger charge is 2.60. The fourth-order valence-corrected chi connectivity index (χ4v) is 5.33. The molecule has 0 unspecified atom stereocenters. The average molecular weight is 405 g/mol. The molecule has 2 bridgehead atoms. The van der Waals surface area contributed by atoms with Gasteiger partial charge >= 0.3 is 0 Å². The van der Waals surface area contributed by atoms with Crippen molar-refractivity contribution in [2.75, 3.05) is 11.9 Å². The van der Waals surface area contributed by atoms with Crippen molar-refractivity contribution in [1.29, 1.82) is 0 Å². The highest BCUT2D eigenvalue weighted by Crippen LogP contribution is 2.56. The van der Waals surface area contributed by atoms with Crippen LogP contribution < -0.4 is 5.32 Å². The third-order valence-corrected chi connectivity index (χ3v) is 6.95. The number of nitrogens with one attached hydrogen (secondary N) is 1. The number of aryl methyl sites for hydroxylation is 2. The second kappa shape index (κ2) is 5.94. The van der Waals surface area contributed by atoms with Crippen LogP contribution >= 0.6 is 15.9 Å². The first-order valence-electron chi connectivity index (χ1n) is 8.78. The molecule has 4 atom stereocenters. The molecular weight excluding hydrogens is 384 g/mol. The lowest BCUT2D eigenvalue weighted by Gasteiger charge is -2.19. The van der Waals surface area contributed by atoms with Gasteiger partial charge in [0.05, 0.1) is 11.8 Å². The van der Waals surface area contributed by atoms with Gasteiger partial charge < -0.3 is 5.32 Å². The van der Waals surface area contributed by atoms with Gasteiger partial charge in [-0.15, -0.1) is 0 Å². The second-order valence-electron chi connectivity index (χ2n) is 7.61. The number of likely N-dealkylation sites (tertiary alicyclic amines) is 1. The van der Waals surface area contributed by atoms with E-state index in [4.69, 9.17) is 0 Å². The van der Waals surface area contributed by atoms with Gasteiger partial charge in [0.25, 0.3) is 0 Å². The van der Waals surface area contributed by atoms with E-state index in [1.807, 2.05) is 26.0 Å². The van der Waals surface area contributed by atoms with E-state index in [1.165, 1.54) is 4.90 Å². The van der Waals surface area contributed by atoms with Gasteiger partial charge in [-0.25, -0.2) is 0 Å². The van der Waals surface area contributed by atoms with Gasteiger partial charge in [-0.3, -0.25) is 19.3 Å². The van der Waals surface area contributed by atoms with Gasteiger partial charge in [-0.2, -0.15) is 0 Å². The first-order valence-corrected chi connectivity index (χ1v) is 9.58. The summed E-state index contributed by atoms with van der Waals surface area (Å²) in [6, 6.07) is 3.83. The highest BCUT2D eigenvalue weighted by molar-refractivity contribution is 9.10. The molecule has 5 nitrogen and oxygen atoms in total.